The fraction of sp³-hybridized carbons (Fsp3) is 0.0833. The van der Waals surface area contributed by atoms with Gasteiger partial charge in [-0.3, -0.25) is 9.71 Å². The molecule has 0 aliphatic rings. The molecule has 1 heterocycles. The number of anilines is 2. The van der Waals surface area contributed by atoms with E-state index in [0.717, 1.165) is 6.20 Å². The molecule has 8 heteroatoms. The zero-order valence-electron chi connectivity index (χ0n) is 10.4. The predicted molar refractivity (Wildman–Crippen MR) is 75.6 cm³/mol. The van der Waals surface area contributed by atoms with Crippen molar-refractivity contribution in [3.8, 4) is 0 Å². The summed E-state index contributed by atoms with van der Waals surface area (Å²) in [6.45, 7) is 1.63. The molecular formula is C12H11ClFN3O2S. The minimum atomic E-state index is -3.95. The fourth-order valence-electron chi connectivity index (χ4n) is 1.58. The Morgan fingerprint density at radius 2 is 2.10 bits per heavy atom. The molecule has 0 amide bonds. The third-order valence-electron chi connectivity index (χ3n) is 2.58. The van der Waals surface area contributed by atoms with Crippen LogP contribution in [0.25, 0.3) is 0 Å². The third kappa shape index (κ3) is 2.83. The number of aryl methyl sites for hydroxylation is 1. The second-order valence-electron chi connectivity index (χ2n) is 4.10. The van der Waals surface area contributed by atoms with Gasteiger partial charge >= 0.3 is 0 Å². The van der Waals surface area contributed by atoms with E-state index in [4.69, 9.17) is 17.3 Å². The van der Waals surface area contributed by atoms with Gasteiger partial charge in [0.25, 0.3) is 10.0 Å². The summed E-state index contributed by atoms with van der Waals surface area (Å²) in [6, 6.07) is 3.80. The van der Waals surface area contributed by atoms with Crippen molar-refractivity contribution in [1.82, 2.24) is 4.98 Å². The number of nitrogens with zero attached hydrogens (tertiary/aromatic N) is 1. The van der Waals surface area contributed by atoms with Crippen LogP contribution in [0.15, 0.2) is 35.5 Å². The van der Waals surface area contributed by atoms with Crippen molar-refractivity contribution >= 4 is 33.0 Å². The SMILES string of the molecule is Cc1cc(S(=O)(=O)Nc2ccncc2F)cc(N)c1Cl. The molecule has 20 heavy (non-hydrogen) atoms. The van der Waals surface area contributed by atoms with Crippen LogP contribution in [-0.2, 0) is 10.0 Å². The lowest BCUT2D eigenvalue weighted by Crippen LogP contribution is -2.14. The minimum absolute atomic E-state index is 0.0897. The van der Waals surface area contributed by atoms with Crippen LogP contribution >= 0.6 is 11.6 Å². The number of pyridine rings is 1. The van der Waals surface area contributed by atoms with Crippen molar-refractivity contribution in [2.24, 2.45) is 0 Å². The maximum atomic E-state index is 13.4. The number of hydrogen-bond acceptors (Lipinski definition) is 4. The van der Waals surface area contributed by atoms with Crippen LogP contribution in [0.3, 0.4) is 0 Å². The molecule has 0 aliphatic carbocycles. The van der Waals surface area contributed by atoms with Gasteiger partial charge in [0.15, 0.2) is 5.82 Å². The highest BCUT2D eigenvalue weighted by molar-refractivity contribution is 7.92. The lowest BCUT2D eigenvalue weighted by molar-refractivity contribution is 0.598. The Labute approximate surface area is 120 Å². The Hall–Kier alpha value is -1.86. The van der Waals surface area contributed by atoms with Gasteiger partial charge in [-0.05, 0) is 30.7 Å². The molecule has 0 fully saturated rings. The van der Waals surface area contributed by atoms with Gasteiger partial charge in [0.05, 0.1) is 27.5 Å². The Kier molecular flexibility index (Phi) is 3.82. The Morgan fingerprint density at radius 3 is 2.70 bits per heavy atom. The first kappa shape index (κ1) is 14.5. The van der Waals surface area contributed by atoms with E-state index in [1.807, 2.05) is 0 Å². The van der Waals surface area contributed by atoms with Crippen molar-refractivity contribution in [2.45, 2.75) is 11.8 Å². The summed E-state index contributed by atoms with van der Waals surface area (Å²) < 4.78 is 39.9. The van der Waals surface area contributed by atoms with Crippen molar-refractivity contribution in [3.05, 3.63) is 47.0 Å². The lowest BCUT2D eigenvalue weighted by atomic mass is 10.2. The van der Waals surface area contributed by atoms with Crippen LogP contribution in [0.2, 0.25) is 5.02 Å². The molecule has 0 radical (unpaired) electrons. The van der Waals surface area contributed by atoms with Gasteiger partial charge in [0, 0.05) is 6.20 Å². The van der Waals surface area contributed by atoms with Crippen molar-refractivity contribution < 1.29 is 12.8 Å². The Balaban J connectivity index is 2.44. The Bertz CT molecular complexity index is 742. The highest BCUT2D eigenvalue weighted by atomic mass is 35.5. The summed E-state index contributed by atoms with van der Waals surface area (Å²) in [5, 5.41) is 0.291. The van der Waals surface area contributed by atoms with Gasteiger partial charge < -0.3 is 5.73 Å². The lowest BCUT2D eigenvalue weighted by Gasteiger charge is -2.11. The van der Waals surface area contributed by atoms with Crippen LogP contribution in [0.5, 0.6) is 0 Å². The highest BCUT2D eigenvalue weighted by Crippen LogP contribution is 2.28. The van der Waals surface area contributed by atoms with E-state index in [1.165, 1.54) is 24.4 Å². The second kappa shape index (κ2) is 5.26. The summed E-state index contributed by atoms with van der Waals surface area (Å²) >= 11 is 5.88. The first-order valence-electron chi connectivity index (χ1n) is 5.49. The minimum Gasteiger partial charge on any atom is -0.397 e. The van der Waals surface area contributed by atoms with Gasteiger partial charge in [0.2, 0.25) is 0 Å². The number of aromatic nitrogens is 1. The molecule has 1 aromatic carbocycles. The van der Waals surface area contributed by atoms with Crippen LogP contribution in [0, 0.1) is 12.7 Å². The summed E-state index contributed by atoms with van der Waals surface area (Å²) in [7, 11) is -3.95. The molecule has 3 N–H and O–H groups in total. The molecule has 0 unspecified atom stereocenters. The molecular weight excluding hydrogens is 305 g/mol. The maximum absolute atomic E-state index is 13.4. The van der Waals surface area contributed by atoms with Crippen LogP contribution < -0.4 is 10.5 Å². The van der Waals surface area contributed by atoms with Gasteiger partial charge in [-0.2, -0.15) is 0 Å². The number of sulfonamides is 1. The molecule has 0 spiro atoms. The Morgan fingerprint density at radius 1 is 1.40 bits per heavy atom. The van der Waals surface area contributed by atoms with E-state index in [0.29, 0.717) is 10.6 Å². The molecule has 0 saturated carbocycles. The number of hydrogen-bond donors (Lipinski definition) is 2. The standard InChI is InChI=1S/C12H11ClFN3O2S/c1-7-4-8(5-10(15)12(7)13)20(18,19)17-11-2-3-16-6-9(11)14/h2-6H,15H2,1H3,(H,16,17). The average molecular weight is 316 g/mol. The van der Waals surface area contributed by atoms with Crippen LogP contribution in [-0.4, -0.2) is 13.4 Å². The average Bonchev–Trinajstić information content (AvgIpc) is 2.38. The monoisotopic (exact) mass is 315 g/mol. The zero-order valence-corrected chi connectivity index (χ0v) is 12.0. The molecule has 2 rings (SSSR count). The van der Waals surface area contributed by atoms with Gasteiger partial charge in [-0.15, -0.1) is 0 Å². The van der Waals surface area contributed by atoms with Gasteiger partial charge in [0.1, 0.15) is 0 Å². The van der Waals surface area contributed by atoms with E-state index in [2.05, 4.69) is 9.71 Å². The van der Waals surface area contributed by atoms with Crippen molar-refractivity contribution in [2.75, 3.05) is 10.5 Å². The number of nitrogen functional groups attached to an aromatic ring is 1. The maximum Gasteiger partial charge on any atom is 0.262 e. The summed E-state index contributed by atoms with van der Waals surface area (Å²) in [5.74, 6) is -0.769. The molecule has 0 bridgehead atoms. The molecule has 0 atom stereocenters. The number of nitrogens with two attached hydrogens (primary N) is 1. The first-order chi connectivity index (χ1) is 9.31. The quantitative estimate of drug-likeness (QED) is 0.852. The first-order valence-corrected chi connectivity index (χ1v) is 7.35. The van der Waals surface area contributed by atoms with E-state index in [-0.39, 0.29) is 16.3 Å². The molecule has 0 saturated heterocycles. The normalized spacial score (nSPS) is 11.3. The van der Waals surface area contributed by atoms with Gasteiger partial charge in [-0.25, -0.2) is 12.8 Å². The summed E-state index contributed by atoms with van der Waals surface area (Å²) in [6.07, 6.45) is 2.20. The second-order valence-corrected chi connectivity index (χ2v) is 6.16. The smallest absolute Gasteiger partial charge is 0.262 e. The molecule has 2 aromatic rings. The predicted octanol–water partition coefficient (Wildman–Crippen LogP) is 2.57. The third-order valence-corrected chi connectivity index (χ3v) is 4.44. The van der Waals surface area contributed by atoms with Crippen molar-refractivity contribution in [3.63, 3.8) is 0 Å². The number of halogens is 2. The number of benzene rings is 1. The number of nitrogens with one attached hydrogen (secondary N) is 1. The molecule has 0 aliphatic heterocycles. The van der Waals surface area contributed by atoms with Gasteiger partial charge in [-0.1, -0.05) is 11.6 Å². The van der Waals surface area contributed by atoms with E-state index in [9.17, 15) is 12.8 Å². The number of rotatable bonds is 3. The largest absolute Gasteiger partial charge is 0.397 e. The fourth-order valence-corrected chi connectivity index (χ4v) is 2.88. The highest BCUT2D eigenvalue weighted by Gasteiger charge is 2.18. The molecule has 5 nitrogen and oxygen atoms in total. The summed E-state index contributed by atoms with van der Waals surface area (Å²) in [5.41, 5.74) is 6.10. The van der Waals surface area contributed by atoms with E-state index >= 15 is 0 Å². The van der Waals surface area contributed by atoms with Crippen LogP contribution in [0.4, 0.5) is 15.8 Å². The van der Waals surface area contributed by atoms with Crippen molar-refractivity contribution in [1.29, 1.82) is 0 Å². The van der Waals surface area contributed by atoms with E-state index in [1.54, 1.807) is 6.92 Å². The summed E-state index contributed by atoms with van der Waals surface area (Å²) in [4.78, 5) is 3.45. The van der Waals surface area contributed by atoms with E-state index < -0.39 is 15.8 Å². The zero-order chi connectivity index (χ0) is 14.9. The topological polar surface area (TPSA) is 85.1 Å². The van der Waals surface area contributed by atoms with Crippen LogP contribution in [0.1, 0.15) is 5.56 Å². The molecule has 1 aromatic heterocycles. The molecule has 106 valence electrons.